The SMILES string of the molecule is CC(CSc1ccccc1)C(=O)N1CCCC1c1cccc2c1OCCO2. The Morgan fingerprint density at radius 3 is 2.81 bits per heavy atom. The largest absolute Gasteiger partial charge is 0.486 e. The van der Waals surface area contributed by atoms with E-state index in [0.29, 0.717) is 13.2 Å². The van der Waals surface area contributed by atoms with Crippen molar-refractivity contribution in [3.05, 3.63) is 54.1 Å². The second kappa shape index (κ2) is 8.26. The molecule has 4 nitrogen and oxygen atoms in total. The lowest BCUT2D eigenvalue weighted by atomic mass is 10.0. The first-order valence-electron chi connectivity index (χ1n) is 9.61. The van der Waals surface area contributed by atoms with Gasteiger partial charge >= 0.3 is 0 Å². The predicted molar refractivity (Wildman–Crippen MR) is 107 cm³/mol. The Hall–Kier alpha value is -2.14. The fourth-order valence-corrected chi connectivity index (χ4v) is 4.74. The molecule has 2 atom stereocenters. The summed E-state index contributed by atoms with van der Waals surface area (Å²) in [5.74, 6) is 2.62. The molecule has 2 heterocycles. The maximum atomic E-state index is 13.2. The molecule has 0 N–H and O–H groups in total. The van der Waals surface area contributed by atoms with Crippen LogP contribution in [0, 0.1) is 5.92 Å². The minimum atomic E-state index is -0.0208. The summed E-state index contributed by atoms with van der Waals surface area (Å²) in [5.41, 5.74) is 1.08. The van der Waals surface area contributed by atoms with Crippen LogP contribution in [-0.4, -0.2) is 36.3 Å². The molecule has 4 rings (SSSR count). The molecule has 27 heavy (non-hydrogen) atoms. The Kier molecular flexibility index (Phi) is 5.58. The predicted octanol–water partition coefficient (Wildman–Crippen LogP) is 4.55. The van der Waals surface area contributed by atoms with Crippen molar-refractivity contribution in [3.63, 3.8) is 0 Å². The van der Waals surface area contributed by atoms with Crippen LogP contribution in [0.15, 0.2) is 53.4 Å². The first-order chi connectivity index (χ1) is 13.2. The molecule has 1 amide bonds. The molecule has 0 radical (unpaired) electrons. The van der Waals surface area contributed by atoms with Crippen molar-refractivity contribution in [2.75, 3.05) is 25.5 Å². The molecular formula is C22H25NO3S. The van der Waals surface area contributed by atoms with E-state index in [-0.39, 0.29) is 17.9 Å². The summed E-state index contributed by atoms with van der Waals surface area (Å²) >= 11 is 1.74. The van der Waals surface area contributed by atoms with Gasteiger partial charge < -0.3 is 14.4 Å². The molecule has 1 fully saturated rings. The zero-order valence-corrected chi connectivity index (χ0v) is 16.4. The molecule has 0 bridgehead atoms. The van der Waals surface area contributed by atoms with Gasteiger partial charge in [0.2, 0.25) is 5.91 Å². The number of amides is 1. The lowest BCUT2D eigenvalue weighted by molar-refractivity contribution is -0.135. The summed E-state index contributed by atoms with van der Waals surface area (Å²) in [6, 6.07) is 16.4. The fourth-order valence-electron chi connectivity index (χ4n) is 3.80. The molecule has 2 aromatic rings. The summed E-state index contributed by atoms with van der Waals surface area (Å²) in [4.78, 5) is 16.4. The minimum Gasteiger partial charge on any atom is -0.486 e. The molecule has 5 heteroatoms. The second-order valence-electron chi connectivity index (χ2n) is 7.09. The molecule has 142 valence electrons. The van der Waals surface area contributed by atoms with Crippen molar-refractivity contribution in [3.8, 4) is 11.5 Å². The Bertz CT molecular complexity index is 795. The Morgan fingerprint density at radius 2 is 1.96 bits per heavy atom. The van der Waals surface area contributed by atoms with Crippen molar-refractivity contribution in [1.82, 2.24) is 4.90 Å². The molecule has 0 aliphatic carbocycles. The van der Waals surface area contributed by atoms with Crippen LogP contribution in [-0.2, 0) is 4.79 Å². The number of thioether (sulfide) groups is 1. The van der Waals surface area contributed by atoms with E-state index in [1.54, 1.807) is 11.8 Å². The van der Waals surface area contributed by atoms with E-state index < -0.39 is 0 Å². The molecule has 2 aliphatic rings. The zero-order chi connectivity index (χ0) is 18.6. The number of benzene rings is 2. The van der Waals surface area contributed by atoms with Crippen LogP contribution in [0.2, 0.25) is 0 Å². The van der Waals surface area contributed by atoms with Gasteiger partial charge in [-0.15, -0.1) is 11.8 Å². The maximum Gasteiger partial charge on any atom is 0.226 e. The molecule has 0 spiro atoms. The van der Waals surface area contributed by atoms with Crippen molar-refractivity contribution in [2.45, 2.75) is 30.7 Å². The van der Waals surface area contributed by atoms with Gasteiger partial charge in [-0.05, 0) is 31.0 Å². The topological polar surface area (TPSA) is 38.8 Å². The first-order valence-corrected chi connectivity index (χ1v) is 10.6. The quantitative estimate of drug-likeness (QED) is 0.710. The third kappa shape index (κ3) is 3.93. The molecule has 2 aromatic carbocycles. The molecular weight excluding hydrogens is 358 g/mol. The Labute approximate surface area is 164 Å². The van der Waals surface area contributed by atoms with Crippen LogP contribution in [0.1, 0.15) is 31.4 Å². The van der Waals surface area contributed by atoms with Gasteiger partial charge in [-0.3, -0.25) is 4.79 Å². The van der Waals surface area contributed by atoms with Crippen LogP contribution in [0.5, 0.6) is 11.5 Å². The van der Waals surface area contributed by atoms with E-state index in [2.05, 4.69) is 18.2 Å². The van der Waals surface area contributed by atoms with Crippen molar-refractivity contribution in [2.24, 2.45) is 5.92 Å². The third-order valence-corrected chi connectivity index (χ3v) is 6.43. The van der Waals surface area contributed by atoms with Gasteiger partial charge in [-0.1, -0.05) is 37.3 Å². The van der Waals surface area contributed by atoms with Crippen LogP contribution < -0.4 is 9.47 Å². The second-order valence-corrected chi connectivity index (χ2v) is 8.18. The normalized spacial score (nSPS) is 19.7. The summed E-state index contributed by atoms with van der Waals surface area (Å²) in [7, 11) is 0. The van der Waals surface area contributed by atoms with Crippen LogP contribution >= 0.6 is 11.8 Å². The summed E-state index contributed by atoms with van der Waals surface area (Å²) in [6.45, 7) is 3.99. The highest BCUT2D eigenvalue weighted by Gasteiger charge is 2.35. The third-order valence-electron chi connectivity index (χ3n) is 5.16. The highest BCUT2D eigenvalue weighted by molar-refractivity contribution is 7.99. The number of rotatable bonds is 5. The molecule has 1 saturated heterocycles. The van der Waals surface area contributed by atoms with Crippen molar-refractivity contribution in [1.29, 1.82) is 0 Å². The number of carbonyl (C=O) groups is 1. The van der Waals surface area contributed by atoms with E-state index in [9.17, 15) is 4.79 Å². The molecule has 0 saturated carbocycles. The number of hydrogen-bond acceptors (Lipinski definition) is 4. The van der Waals surface area contributed by atoms with E-state index >= 15 is 0 Å². The summed E-state index contributed by atoms with van der Waals surface area (Å²) < 4.78 is 11.6. The number of carbonyl (C=O) groups excluding carboxylic acids is 1. The highest BCUT2D eigenvalue weighted by Crippen LogP contribution is 2.43. The molecule has 0 aromatic heterocycles. The van der Waals surface area contributed by atoms with E-state index in [1.807, 2.05) is 42.2 Å². The lowest BCUT2D eigenvalue weighted by Crippen LogP contribution is -2.36. The van der Waals surface area contributed by atoms with Gasteiger partial charge in [0, 0.05) is 28.7 Å². The van der Waals surface area contributed by atoms with E-state index in [1.165, 1.54) is 4.90 Å². The van der Waals surface area contributed by atoms with Gasteiger partial charge in [-0.25, -0.2) is 0 Å². The average Bonchev–Trinajstić information content (AvgIpc) is 3.21. The Morgan fingerprint density at radius 1 is 1.15 bits per heavy atom. The minimum absolute atomic E-state index is 0.0208. The van der Waals surface area contributed by atoms with Gasteiger partial charge in [0.15, 0.2) is 11.5 Å². The maximum absolute atomic E-state index is 13.2. The van der Waals surface area contributed by atoms with Crippen LogP contribution in [0.25, 0.3) is 0 Å². The zero-order valence-electron chi connectivity index (χ0n) is 15.6. The van der Waals surface area contributed by atoms with E-state index in [4.69, 9.17) is 9.47 Å². The average molecular weight is 384 g/mol. The van der Waals surface area contributed by atoms with Crippen LogP contribution in [0.4, 0.5) is 0 Å². The van der Waals surface area contributed by atoms with Crippen molar-refractivity contribution >= 4 is 17.7 Å². The monoisotopic (exact) mass is 383 g/mol. The van der Waals surface area contributed by atoms with Crippen molar-refractivity contribution < 1.29 is 14.3 Å². The standard InChI is InChI=1S/C22H25NO3S/c1-16(15-27-17-7-3-2-4-8-17)22(24)23-12-6-10-19(23)18-9-5-11-20-21(18)26-14-13-25-20/h2-5,7-9,11,16,19H,6,10,12-15H2,1H3. The first kappa shape index (κ1) is 18.2. The lowest BCUT2D eigenvalue weighted by Gasteiger charge is -2.30. The number of likely N-dealkylation sites (tertiary alicyclic amines) is 1. The molecule has 2 aliphatic heterocycles. The van der Waals surface area contributed by atoms with Gasteiger partial charge in [0.05, 0.1) is 6.04 Å². The summed E-state index contributed by atoms with van der Waals surface area (Å²) in [6.07, 6.45) is 2.00. The Balaban J connectivity index is 1.47. The highest BCUT2D eigenvalue weighted by atomic mass is 32.2. The number of para-hydroxylation sites is 1. The summed E-state index contributed by atoms with van der Waals surface area (Å²) in [5, 5.41) is 0. The van der Waals surface area contributed by atoms with Crippen LogP contribution in [0.3, 0.4) is 0 Å². The smallest absolute Gasteiger partial charge is 0.226 e. The van der Waals surface area contributed by atoms with Gasteiger partial charge in [0.25, 0.3) is 0 Å². The van der Waals surface area contributed by atoms with Gasteiger partial charge in [0.1, 0.15) is 13.2 Å². The van der Waals surface area contributed by atoms with E-state index in [0.717, 1.165) is 42.2 Å². The fraction of sp³-hybridized carbons (Fsp3) is 0.409. The molecule has 2 unspecified atom stereocenters. The number of fused-ring (bicyclic) bond motifs is 1. The number of hydrogen-bond donors (Lipinski definition) is 0. The number of ether oxygens (including phenoxy) is 2. The van der Waals surface area contributed by atoms with Gasteiger partial charge in [-0.2, -0.15) is 0 Å². The number of nitrogens with zero attached hydrogens (tertiary/aromatic N) is 1.